The number of hydrogen-bond acceptors (Lipinski definition) is 1. The maximum atomic E-state index is 12.7. The Morgan fingerprint density at radius 2 is 1.95 bits per heavy atom. The zero-order valence-corrected chi connectivity index (χ0v) is 12.0. The Labute approximate surface area is 125 Å². The summed E-state index contributed by atoms with van der Waals surface area (Å²) in [5, 5.41) is 5.51. The number of alkyl halides is 3. The number of nitrogens with one attached hydrogen (secondary N) is 2. The van der Waals surface area contributed by atoms with Gasteiger partial charge in [0, 0.05) is 6.04 Å². The van der Waals surface area contributed by atoms with E-state index in [1.807, 2.05) is 0 Å². The van der Waals surface area contributed by atoms with Crippen LogP contribution in [0.5, 0.6) is 0 Å². The first-order valence-electron chi connectivity index (χ1n) is 6.75. The maximum absolute atomic E-state index is 12.7. The number of amides is 2. The molecule has 1 saturated carbocycles. The van der Waals surface area contributed by atoms with Crippen molar-refractivity contribution in [1.82, 2.24) is 5.32 Å². The molecule has 2 rings (SSSR count). The molecule has 2 N–H and O–H groups in total. The van der Waals surface area contributed by atoms with Gasteiger partial charge in [0.25, 0.3) is 0 Å². The van der Waals surface area contributed by atoms with Crippen LogP contribution in [-0.4, -0.2) is 18.2 Å². The van der Waals surface area contributed by atoms with Gasteiger partial charge in [0.15, 0.2) is 0 Å². The van der Waals surface area contributed by atoms with Crippen LogP contribution in [0.15, 0.2) is 24.3 Å². The normalized spacial score (nSPS) is 22.7. The molecule has 0 aliphatic heterocycles. The first-order valence-corrected chi connectivity index (χ1v) is 7.13. The highest BCUT2D eigenvalue weighted by atomic mass is 35.5. The lowest BCUT2D eigenvalue weighted by atomic mass is 9.85. The minimum atomic E-state index is -4.19. The largest absolute Gasteiger partial charge is 0.391 e. The lowest BCUT2D eigenvalue weighted by molar-refractivity contribution is -0.183. The average molecular weight is 321 g/mol. The second kappa shape index (κ2) is 6.56. The number of benzene rings is 1. The third kappa shape index (κ3) is 4.52. The monoisotopic (exact) mass is 320 g/mol. The lowest BCUT2D eigenvalue weighted by Gasteiger charge is -2.31. The van der Waals surface area contributed by atoms with Gasteiger partial charge in [0.2, 0.25) is 0 Å². The van der Waals surface area contributed by atoms with E-state index >= 15 is 0 Å². The average Bonchev–Trinajstić information content (AvgIpc) is 2.41. The molecule has 1 fully saturated rings. The van der Waals surface area contributed by atoms with E-state index in [0.717, 1.165) is 0 Å². The molecular formula is C14H16ClF3N2O. The van der Waals surface area contributed by atoms with E-state index in [-0.39, 0.29) is 12.8 Å². The predicted molar refractivity (Wildman–Crippen MR) is 75.4 cm³/mol. The number of rotatable bonds is 2. The minimum Gasteiger partial charge on any atom is -0.335 e. The van der Waals surface area contributed by atoms with Gasteiger partial charge in [-0.2, -0.15) is 13.2 Å². The molecule has 0 unspecified atom stereocenters. The number of anilines is 1. The van der Waals surface area contributed by atoms with E-state index in [1.54, 1.807) is 24.3 Å². The summed E-state index contributed by atoms with van der Waals surface area (Å²) in [5.74, 6) is -1.34. The molecule has 0 aromatic heterocycles. The Balaban J connectivity index is 1.89. The van der Waals surface area contributed by atoms with Gasteiger partial charge in [-0.3, -0.25) is 0 Å². The summed E-state index contributed by atoms with van der Waals surface area (Å²) < 4.78 is 38.1. The van der Waals surface area contributed by atoms with Crippen molar-refractivity contribution in [1.29, 1.82) is 0 Å². The molecular weight excluding hydrogens is 305 g/mol. The molecule has 3 nitrogen and oxygen atoms in total. The third-order valence-electron chi connectivity index (χ3n) is 3.59. The highest BCUT2D eigenvalue weighted by molar-refractivity contribution is 6.33. The molecule has 0 saturated heterocycles. The second-order valence-electron chi connectivity index (χ2n) is 5.18. The molecule has 21 heavy (non-hydrogen) atoms. The maximum Gasteiger partial charge on any atom is 0.391 e. The molecule has 0 spiro atoms. The Kier molecular flexibility index (Phi) is 4.98. The Morgan fingerprint density at radius 1 is 1.24 bits per heavy atom. The van der Waals surface area contributed by atoms with Crippen molar-refractivity contribution >= 4 is 23.3 Å². The van der Waals surface area contributed by atoms with Crippen molar-refractivity contribution in [2.24, 2.45) is 5.92 Å². The van der Waals surface area contributed by atoms with Crippen molar-refractivity contribution in [3.05, 3.63) is 29.3 Å². The van der Waals surface area contributed by atoms with Gasteiger partial charge in [-0.1, -0.05) is 30.2 Å². The fourth-order valence-electron chi connectivity index (χ4n) is 2.52. The van der Waals surface area contributed by atoms with Gasteiger partial charge in [-0.25, -0.2) is 4.79 Å². The number of halogens is 4. The number of carbonyl (C=O) groups excluding carboxylic acids is 1. The lowest BCUT2D eigenvalue weighted by Crippen LogP contribution is -2.43. The summed E-state index contributed by atoms with van der Waals surface area (Å²) in [6, 6.07) is 5.69. The molecule has 7 heteroatoms. The van der Waals surface area contributed by atoms with E-state index in [0.29, 0.717) is 23.6 Å². The van der Waals surface area contributed by atoms with E-state index < -0.39 is 24.2 Å². The molecule has 2 amide bonds. The van der Waals surface area contributed by atoms with E-state index in [2.05, 4.69) is 10.6 Å². The quantitative estimate of drug-likeness (QED) is 0.822. The van der Waals surface area contributed by atoms with E-state index in [1.165, 1.54) is 0 Å². The molecule has 0 radical (unpaired) electrons. The number of urea groups is 1. The van der Waals surface area contributed by atoms with Crippen LogP contribution in [0.4, 0.5) is 23.7 Å². The SMILES string of the molecule is O=C(Nc1ccccc1Cl)N[C@H]1CCC[C@@H](C(F)(F)F)C1. The first-order chi connectivity index (χ1) is 9.86. The Morgan fingerprint density at radius 3 is 2.62 bits per heavy atom. The molecule has 1 aromatic carbocycles. The Bertz CT molecular complexity index is 507. The smallest absolute Gasteiger partial charge is 0.335 e. The molecule has 116 valence electrons. The van der Waals surface area contributed by atoms with E-state index in [4.69, 9.17) is 11.6 Å². The standard InChI is InChI=1S/C14H16ClF3N2O/c15-11-6-1-2-7-12(11)20-13(21)19-10-5-3-4-9(8-10)14(16,17)18/h1-2,6-7,9-10H,3-5,8H2,(H2,19,20,21)/t9-,10+/m1/s1. The van der Waals surface area contributed by atoms with Crippen molar-refractivity contribution in [2.75, 3.05) is 5.32 Å². The van der Waals surface area contributed by atoms with Gasteiger partial charge < -0.3 is 10.6 Å². The molecule has 1 aliphatic rings. The zero-order chi connectivity index (χ0) is 15.5. The minimum absolute atomic E-state index is 0.0700. The van der Waals surface area contributed by atoms with Crippen molar-refractivity contribution in [2.45, 2.75) is 37.9 Å². The van der Waals surface area contributed by atoms with Crippen LogP contribution in [0.25, 0.3) is 0 Å². The van der Waals surface area contributed by atoms with Crippen LogP contribution >= 0.6 is 11.6 Å². The van der Waals surface area contributed by atoms with Crippen LogP contribution in [0.1, 0.15) is 25.7 Å². The summed E-state index contributed by atoms with van der Waals surface area (Å²) in [4.78, 5) is 11.8. The van der Waals surface area contributed by atoms with Crippen LogP contribution in [0, 0.1) is 5.92 Å². The van der Waals surface area contributed by atoms with Gasteiger partial charge in [-0.15, -0.1) is 0 Å². The summed E-state index contributed by atoms with van der Waals surface area (Å²) in [6.45, 7) is 0. The van der Waals surface area contributed by atoms with Crippen LogP contribution in [-0.2, 0) is 0 Å². The Hall–Kier alpha value is -1.43. The van der Waals surface area contributed by atoms with Crippen molar-refractivity contribution < 1.29 is 18.0 Å². The van der Waals surface area contributed by atoms with Crippen LogP contribution in [0.3, 0.4) is 0 Å². The number of hydrogen-bond donors (Lipinski definition) is 2. The molecule has 0 heterocycles. The van der Waals surface area contributed by atoms with Gasteiger partial charge in [-0.05, 0) is 31.4 Å². The van der Waals surface area contributed by atoms with Crippen LogP contribution < -0.4 is 10.6 Å². The summed E-state index contributed by atoms with van der Waals surface area (Å²) in [5.41, 5.74) is 0.430. The number of carbonyl (C=O) groups is 1. The van der Waals surface area contributed by atoms with Crippen molar-refractivity contribution in [3.63, 3.8) is 0 Å². The second-order valence-corrected chi connectivity index (χ2v) is 5.59. The fourth-order valence-corrected chi connectivity index (χ4v) is 2.71. The third-order valence-corrected chi connectivity index (χ3v) is 3.92. The predicted octanol–water partition coefficient (Wildman–Crippen LogP) is 4.58. The summed E-state index contributed by atoms with van der Waals surface area (Å²) in [6.07, 6.45) is -3.11. The molecule has 2 atom stereocenters. The highest BCUT2D eigenvalue weighted by Crippen LogP contribution is 2.37. The summed E-state index contributed by atoms with van der Waals surface area (Å²) in [7, 11) is 0. The zero-order valence-electron chi connectivity index (χ0n) is 11.2. The molecule has 0 bridgehead atoms. The van der Waals surface area contributed by atoms with E-state index in [9.17, 15) is 18.0 Å². The summed E-state index contributed by atoms with van der Waals surface area (Å²) >= 11 is 5.90. The molecule has 1 aliphatic carbocycles. The highest BCUT2D eigenvalue weighted by Gasteiger charge is 2.42. The van der Waals surface area contributed by atoms with Gasteiger partial charge in [0.05, 0.1) is 16.6 Å². The topological polar surface area (TPSA) is 41.1 Å². The molecule has 1 aromatic rings. The first kappa shape index (κ1) is 15.9. The van der Waals surface area contributed by atoms with Crippen molar-refractivity contribution in [3.8, 4) is 0 Å². The fraction of sp³-hybridized carbons (Fsp3) is 0.500. The number of para-hydroxylation sites is 1. The van der Waals surface area contributed by atoms with Gasteiger partial charge >= 0.3 is 12.2 Å². The van der Waals surface area contributed by atoms with Gasteiger partial charge in [0.1, 0.15) is 0 Å². The van der Waals surface area contributed by atoms with Crippen LogP contribution in [0.2, 0.25) is 5.02 Å².